The number of ether oxygens (including phenoxy) is 1. The first-order valence-corrected chi connectivity index (χ1v) is 5.76. The monoisotopic (exact) mass is 233 g/mol. The van der Waals surface area contributed by atoms with Crippen LogP contribution in [-0.4, -0.2) is 31.9 Å². The molecule has 1 rings (SSSR count). The number of hydrogen-bond donors (Lipinski definition) is 1. The van der Waals surface area contributed by atoms with Crippen LogP contribution in [0.1, 0.15) is 12.8 Å². The smallest absolute Gasteiger partial charge is 0.148 e. The summed E-state index contributed by atoms with van der Waals surface area (Å²) in [6.07, 6.45) is 6.95. The van der Waals surface area contributed by atoms with Gasteiger partial charge in [0, 0.05) is 25.9 Å². The fourth-order valence-electron chi connectivity index (χ4n) is 1.51. The molecule has 0 spiro atoms. The SMILES string of the molecule is C#CCOc1ccc(N(C)CCCCO)cc1. The first-order chi connectivity index (χ1) is 8.27. The molecule has 0 bridgehead atoms. The van der Waals surface area contributed by atoms with Crippen molar-refractivity contribution in [1.29, 1.82) is 0 Å². The molecule has 0 aliphatic heterocycles. The lowest BCUT2D eigenvalue weighted by Crippen LogP contribution is -2.18. The van der Waals surface area contributed by atoms with Gasteiger partial charge in [-0.1, -0.05) is 5.92 Å². The highest BCUT2D eigenvalue weighted by atomic mass is 16.5. The molecule has 92 valence electrons. The Labute approximate surface area is 103 Å². The van der Waals surface area contributed by atoms with Crippen molar-refractivity contribution in [3.8, 4) is 18.1 Å². The number of aliphatic hydroxyl groups excluding tert-OH is 1. The number of aliphatic hydroxyl groups is 1. The van der Waals surface area contributed by atoms with Gasteiger partial charge in [0.05, 0.1) is 0 Å². The predicted molar refractivity (Wildman–Crippen MR) is 70.4 cm³/mol. The van der Waals surface area contributed by atoms with E-state index in [1.165, 1.54) is 0 Å². The Hall–Kier alpha value is -1.66. The summed E-state index contributed by atoms with van der Waals surface area (Å²) in [5.74, 6) is 3.22. The van der Waals surface area contributed by atoms with Crippen LogP contribution < -0.4 is 9.64 Å². The van der Waals surface area contributed by atoms with Gasteiger partial charge in [0.15, 0.2) is 0 Å². The summed E-state index contributed by atoms with van der Waals surface area (Å²) in [7, 11) is 2.04. The Morgan fingerprint density at radius 2 is 2.00 bits per heavy atom. The number of rotatable bonds is 7. The number of terminal acetylenes is 1. The average molecular weight is 233 g/mol. The third-order valence-electron chi connectivity index (χ3n) is 2.50. The van der Waals surface area contributed by atoms with Crippen molar-refractivity contribution in [1.82, 2.24) is 0 Å². The van der Waals surface area contributed by atoms with Gasteiger partial charge in [0.1, 0.15) is 12.4 Å². The second-order valence-corrected chi connectivity index (χ2v) is 3.84. The lowest BCUT2D eigenvalue weighted by molar-refractivity contribution is 0.285. The van der Waals surface area contributed by atoms with Gasteiger partial charge in [-0.05, 0) is 37.1 Å². The normalized spacial score (nSPS) is 9.71. The minimum absolute atomic E-state index is 0.257. The molecule has 0 radical (unpaired) electrons. The molecule has 0 amide bonds. The van der Waals surface area contributed by atoms with Crippen molar-refractivity contribution in [2.24, 2.45) is 0 Å². The molecule has 1 aromatic carbocycles. The summed E-state index contributed by atoms with van der Waals surface area (Å²) in [5.41, 5.74) is 1.14. The van der Waals surface area contributed by atoms with Crippen LogP contribution in [0.25, 0.3) is 0 Å². The molecular weight excluding hydrogens is 214 g/mol. The van der Waals surface area contributed by atoms with E-state index >= 15 is 0 Å². The fraction of sp³-hybridized carbons (Fsp3) is 0.429. The summed E-state index contributed by atoms with van der Waals surface area (Å²) in [4.78, 5) is 2.15. The minimum Gasteiger partial charge on any atom is -0.481 e. The lowest BCUT2D eigenvalue weighted by atomic mass is 10.2. The standard InChI is InChI=1S/C14H19NO2/c1-3-12-17-14-8-6-13(7-9-14)15(2)10-4-5-11-16/h1,6-9,16H,4-5,10-12H2,2H3. The van der Waals surface area contributed by atoms with E-state index in [2.05, 4.69) is 10.8 Å². The van der Waals surface area contributed by atoms with Crippen LogP contribution in [0.3, 0.4) is 0 Å². The molecule has 0 fully saturated rings. The van der Waals surface area contributed by atoms with Gasteiger partial charge in [-0.15, -0.1) is 6.42 Å². The van der Waals surface area contributed by atoms with Crippen LogP contribution in [0.5, 0.6) is 5.75 Å². The van der Waals surface area contributed by atoms with E-state index in [1.807, 2.05) is 31.3 Å². The topological polar surface area (TPSA) is 32.7 Å². The molecule has 1 aromatic rings. The zero-order chi connectivity index (χ0) is 12.5. The molecule has 0 heterocycles. The highest BCUT2D eigenvalue weighted by Crippen LogP contribution is 2.18. The summed E-state index contributed by atoms with van der Waals surface area (Å²) < 4.78 is 5.30. The maximum absolute atomic E-state index is 8.72. The number of nitrogens with zero attached hydrogens (tertiary/aromatic N) is 1. The molecule has 0 saturated carbocycles. The first kappa shape index (κ1) is 13.4. The van der Waals surface area contributed by atoms with E-state index < -0.39 is 0 Å². The highest BCUT2D eigenvalue weighted by molar-refractivity contribution is 5.48. The van der Waals surface area contributed by atoms with Crippen molar-refractivity contribution in [2.45, 2.75) is 12.8 Å². The predicted octanol–water partition coefficient (Wildman–Crippen LogP) is 1.91. The molecule has 0 unspecified atom stereocenters. The van der Waals surface area contributed by atoms with Crippen molar-refractivity contribution in [2.75, 3.05) is 31.7 Å². The van der Waals surface area contributed by atoms with E-state index in [4.69, 9.17) is 16.3 Å². The summed E-state index contributed by atoms with van der Waals surface area (Å²) >= 11 is 0. The number of hydrogen-bond acceptors (Lipinski definition) is 3. The Morgan fingerprint density at radius 1 is 1.29 bits per heavy atom. The zero-order valence-corrected chi connectivity index (χ0v) is 10.2. The molecule has 17 heavy (non-hydrogen) atoms. The average Bonchev–Trinajstić information content (AvgIpc) is 2.37. The summed E-state index contributed by atoms with van der Waals surface area (Å²) in [5, 5.41) is 8.72. The largest absolute Gasteiger partial charge is 0.481 e. The lowest BCUT2D eigenvalue weighted by Gasteiger charge is -2.19. The molecule has 0 aromatic heterocycles. The molecule has 3 nitrogen and oxygen atoms in total. The maximum atomic E-state index is 8.72. The van der Waals surface area contributed by atoms with E-state index in [-0.39, 0.29) is 6.61 Å². The van der Waals surface area contributed by atoms with Gasteiger partial charge in [-0.25, -0.2) is 0 Å². The van der Waals surface area contributed by atoms with Crippen LogP contribution in [0.15, 0.2) is 24.3 Å². The molecule has 0 atom stereocenters. The summed E-state index contributed by atoms with van der Waals surface area (Å²) in [6.45, 7) is 1.49. The Morgan fingerprint density at radius 3 is 2.59 bits per heavy atom. The first-order valence-electron chi connectivity index (χ1n) is 5.76. The third kappa shape index (κ3) is 4.80. The van der Waals surface area contributed by atoms with Gasteiger partial charge in [0.25, 0.3) is 0 Å². The molecule has 0 aliphatic rings. The van der Waals surface area contributed by atoms with Crippen LogP contribution in [0, 0.1) is 12.3 Å². The van der Waals surface area contributed by atoms with E-state index in [9.17, 15) is 0 Å². The molecular formula is C14H19NO2. The van der Waals surface area contributed by atoms with Gasteiger partial charge >= 0.3 is 0 Å². The van der Waals surface area contributed by atoms with Gasteiger partial charge in [-0.3, -0.25) is 0 Å². The maximum Gasteiger partial charge on any atom is 0.148 e. The number of unbranched alkanes of at least 4 members (excludes halogenated alkanes) is 1. The zero-order valence-electron chi connectivity index (χ0n) is 10.2. The molecule has 0 aliphatic carbocycles. The van der Waals surface area contributed by atoms with Crippen molar-refractivity contribution >= 4 is 5.69 Å². The van der Waals surface area contributed by atoms with Gasteiger partial charge in [0.2, 0.25) is 0 Å². The van der Waals surface area contributed by atoms with Crippen LogP contribution in [0.2, 0.25) is 0 Å². The Bertz CT molecular complexity index is 353. The second-order valence-electron chi connectivity index (χ2n) is 3.84. The quantitative estimate of drug-likeness (QED) is 0.577. The molecule has 1 N–H and O–H groups in total. The third-order valence-corrected chi connectivity index (χ3v) is 2.50. The van der Waals surface area contributed by atoms with Crippen molar-refractivity contribution in [3.05, 3.63) is 24.3 Å². The van der Waals surface area contributed by atoms with Crippen LogP contribution in [-0.2, 0) is 0 Å². The highest BCUT2D eigenvalue weighted by Gasteiger charge is 2.00. The van der Waals surface area contributed by atoms with E-state index in [1.54, 1.807) is 0 Å². The Kier molecular flexibility index (Phi) is 5.98. The van der Waals surface area contributed by atoms with Gasteiger partial charge < -0.3 is 14.7 Å². The van der Waals surface area contributed by atoms with Crippen LogP contribution >= 0.6 is 0 Å². The van der Waals surface area contributed by atoms with Gasteiger partial charge in [-0.2, -0.15) is 0 Å². The van der Waals surface area contributed by atoms with Crippen LogP contribution in [0.4, 0.5) is 5.69 Å². The molecule has 3 heteroatoms. The summed E-state index contributed by atoms with van der Waals surface area (Å²) in [6, 6.07) is 7.83. The number of anilines is 1. The minimum atomic E-state index is 0.257. The van der Waals surface area contributed by atoms with E-state index in [0.717, 1.165) is 30.8 Å². The van der Waals surface area contributed by atoms with E-state index in [0.29, 0.717) is 6.61 Å². The van der Waals surface area contributed by atoms with Crippen molar-refractivity contribution < 1.29 is 9.84 Å². The second kappa shape index (κ2) is 7.59. The molecule has 0 saturated heterocycles. The van der Waals surface area contributed by atoms with Crippen molar-refractivity contribution in [3.63, 3.8) is 0 Å². The fourth-order valence-corrected chi connectivity index (χ4v) is 1.51. The number of benzene rings is 1. The Balaban J connectivity index is 2.46.